The van der Waals surface area contributed by atoms with Gasteiger partial charge in [-0.1, -0.05) is 11.8 Å². The molecule has 17 heavy (non-hydrogen) atoms. The minimum Gasteiger partial charge on any atom is -0.384 e. The smallest absolute Gasteiger partial charge is 0.158 e. The predicted octanol–water partition coefficient (Wildman–Crippen LogP) is 1.70. The van der Waals surface area contributed by atoms with E-state index < -0.39 is 0 Å². The third-order valence-corrected chi connectivity index (χ3v) is 2.41. The van der Waals surface area contributed by atoms with Crippen molar-refractivity contribution in [2.75, 3.05) is 19.8 Å². The lowest BCUT2D eigenvalue weighted by molar-refractivity contribution is -0.154. The lowest BCUT2D eigenvalue weighted by Gasteiger charge is -2.21. The summed E-state index contributed by atoms with van der Waals surface area (Å²) in [5.74, 6) is 11.5. The standard InChI is InChI=1S/C14H20O3/c15-11-7-4-2-1-3-5-8-12-16-14-10-6-9-13-17-14/h14-15H,1-3,6,9-13H2. The van der Waals surface area contributed by atoms with Gasteiger partial charge in [-0.3, -0.25) is 0 Å². The maximum Gasteiger partial charge on any atom is 0.158 e. The number of hydrogen-bond donors (Lipinski definition) is 1. The second-order valence-corrected chi connectivity index (χ2v) is 3.83. The van der Waals surface area contributed by atoms with Crippen molar-refractivity contribution in [2.24, 2.45) is 0 Å². The van der Waals surface area contributed by atoms with E-state index in [9.17, 15) is 0 Å². The largest absolute Gasteiger partial charge is 0.384 e. The lowest BCUT2D eigenvalue weighted by Crippen LogP contribution is -2.22. The average molecular weight is 236 g/mol. The number of hydrogen-bond acceptors (Lipinski definition) is 3. The van der Waals surface area contributed by atoms with Gasteiger partial charge in [0.05, 0.1) is 0 Å². The molecule has 0 saturated carbocycles. The molecule has 3 heteroatoms. The Bertz CT molecular complexity index is 297. The molecule has 1 aliphatic rings. The number of ether oxygens (including phenoxy) is 2. The molecule has 0 radical (unpaired) electrons. The van der Waals surface area contributed by atoms with Crippen LogP contribution in [0.1, 0.15) is 38.5 Å². The summed E-state index contributed by atoms with van der Waals surface area (Å²) in [5, 5.41) is 8.43. The molecule has 1 rings (SSSR count). The first-order chi connectivity index (χ1) is 8.43. The van der Waals surface area contributed by atoms with E-state index >= 15 is 0 Å². The van der Waals surface area contributed by atoms with E-state index in [0.717, 1.165) is 38.7 Å². The first kappa shape index (κ1) is 14.1. The maximum absolute atomic E-state index is 8.43. The maximum atomic E-state index is 8.43. The SMILES string of the molecule is OCC#CCCCC#CCOC1CCCCO1. The van der Waals surface area contributed by atoms with Crippen molar-refractivity contribution in [3.05, 3.63) is 0 Å². The average Bonchev–Trinajstić information content (AvgIpc) is 2.38. The van der Waals surface area contributed by atoms with Crippen LogP contribution in [0.4, 0.5) is 0 Å². The zero-order chi connectivity index (χ0) is 12.2. The summed E-state index contributed by atoms with van der Waals surface area (Å²) in [6.45, 7) is 1.20. The highest BCUT2D eigenvalue weighted by atomic mass is 16.7. The van der Waals surface area contributed by atoms with Gasteiger partial charge in [0.2, 0.25) is 0 Å². The molecule has 0 amide bonds. The van der Waals surface area contributed by atoms with E-state index in [4.69, 9.17) is 14.6 Å². The number of unbranched alkanes of at least 4 members (excludes halogenated alkanes) is 2. The summed E-state index contributed by atoms with van der Waals surface area (Å²) in [4.78, 5) is 0. The van der Waals surface area contributed by atoms with Crippen molar-refractivity contribution in [3.63, 3.8) is 0 Å². The van der Waals surface area contributed by atoms with Crippen molar-refractivity contribution in [2.45, 2.75) is 44.8 Å². The van der Waals surface area contributed by atoms with Crippen molar-refractivity contribution in [1.29, 1.82) is 0 Å². The van der Waals surface area contributed by atoms with Crippen LogP contribution in [0.5, 0.6) is 0 Å². The Balaban J connectivity index is 1.94. The highest BCUT2D eigenvalue weighted by molar-refractivity contribution is 5.02. The summed E-state index contributed by atoms with van der Waals surface area (Å²) in [6, 6.07) is 0. The molecule has 1 atom stereocenters. The first-order valence-corrected chi connectivity index (χ1v) is 6.19. The van der Waals surface area contributed by atoms with Gasteiger partial charge < -0.3 is 14.6 Å². The van der Waals surface area contributed by atoms with E-state index in [1.54, 1.807) is 0 Å². The fraction of sp³-hybridized carbons (Fsp3) is 0.714. The Kier molecular flexibility index (Phi) is 8.42. The van der Waals surface area contributed by atoms with E-state index in [0.29, 0.717) is 6.61 Å². The lowest BCUT2D eigenvalue weighted by atomic mass is 10.2. The summed E-state index contributed by atoms with van der Waals surface area (Å²) in [6.07, 6.45) is 5.82. The van der Waals surface area contributed by atoms with Gasteiger partial charge in [-0.25, -0.2) is 0 Å². The van der Waals surface area contributed by atoms with E-state index in [2.05, 4.69) is 23.7 Å². The molecular formula is C14H20O3. The minimum absolute atomic E-state index is 0.0477. The normalized spacial score (nSPS) is 18.8. The quantitative estimate of drug-likeness (QED) is 0.596. The molecule has 1 N–H and O–H groups in total. The van der Waals surface area contributed by atoms with E-state index in [-0.39, 0.29) is 12.9 Å². The predicted molar refractivity (Wildman–Crippen MR) is 66.0 cm³/mol. The zero-order valence-corrected chi connectivity index (χ0v) is 10.2. The molecule has 3 nitrogen and oxygen atoms in total. The molecule has 0 aromatic heterocycles. The van der Waals surface area contributed by atoms with Crippen LogP contribution in [-0.4, -0.2) is 31.2 Å². The van der Waals surface area contributed by atoms with Crippen molar-refractivity contribution < 1.29 is 14.6 Å². The second kappa shape index (κ2) is 10.2. The molecule has 0 spiro atoms. The van der Waals surface area contributed by atoms with Crippen LogP contribution < -0.4 is 0 Å². The minimum atomic E-state index is -0.0547. The molecule has 0 bridgehead atoms. The Morgan fingerprint density at radius 2 is 1.94 bits per heavy atom. The Hall–Kier alpha value is -1.00. The number of rotatable bonds is 4. The van der Waals surface area contributed by atoms with Crippen LogP contribution in [0.15, 0.2) is 0 Å². The number of aliphatic hydroxyl groups excluding tert-OH is 1. The zero-order valence-electron chi connectivity index (χ0n) is 10.2. The molecule has 1 saturated heterocycles. The van der Waals surface area contributed by atoms with Gasteiger partial charge in [0.1, 0.15) is 13.2 Å². The van der Waals surface area contributed by atoms with Crippen LogP contribution in [0.2, 0.25) is 0 Å². The summed E-state index contributed by atoms with van der Waals surface area (Å²) < 4.78 is 10.9. The third-order valence-electron chi connectivity index (χ3n) is 2.41. The molecular weight excluding hydrogens is 216 g/mol. The summed E-state index contributed by atoms with van der Waals surface area (Å²) in [5.41, 5.74) is 0. The van der Waals surface area contributed by atoms with Crippen molar-refractivity contribution in [1.82, 2.24) is 0 Å². The van der Waals surface area contributed by atoms with Crippen LogP contribution in [0.25, 0.3) is 0 Å². The first-order valence-electron chi connectivity index (χ1n) is 6.19. The fourth-order valence-electron chi connectivity index (χ4n) is 1.53. The molecule has 94 valence electrons. The van der Waals surface area contributed by atoms with E-state index in [1.165, 1.54) is 6.42 Å². The molecule has 1 fully saturated rings. The molecule has 0 aromatic rings. The highest BCUT2D eigenvalue weighted by Gasteiger charge is 2.12. The van der Waals surface area contributed by atoms with E-state index in [1.807, 2.05) is 0 Å². The summed E-state index contributed by atoms with van der Waals surface area (Å²) >= 11 is 0. The molecule has 1 heterocycles. The van der Waals surface area contributed by atoms with Gasteiger partial charge in [0.25, 0.3) is 0 Å². The van der Waals surface area contributed by atoms with Gasteiger partial charge in [-0.2, -0.15) is 0 Å². The molecule has 0 aromatic carbocycles. The molecule has 1 unspecified atom stereocenters. The Labute approximate surface area is 103 Å². The van der Waals surface area contributed by atoms with Gasteiger partial charge in [0.15, 0.2) is 6.29 Å². The van der Waals surface area contributed by atoms with Gasteiger partial charge in [-0.15, -0.1) is 11.8 Å². The summed E-state index contributed by atoms with van der Waals surface area (Å²) in [7, 11) is 0. The topological polar surface area (TPSA) is 38.7 Å². The fourth-order valence-corrected chi connectivity index (χ4v) is 1.53. The Morgan fingerprint density at radius 3 is 2.65 bits per heavy atom. The van der Waals surface area contributed by atoms with Crippen LogP contribution in [0, 0.1) is 23.7 Å². The van der Waals surface area contributed by atoms with Crippen molar-refractivity contribution in [3.8, 4) is 23.7 Å². The van der Waals surface area contributed by atoms with Crippen LogP contribution in [-0.2, 0) is 9.47 Å². The van der Waals surface area contributed by atoms with Crippen LogP contribution >= 0.6 is 0 Å². The Morgan fingerprint density at radius 1 is 1.12 bits per heavy atom. The van der Waals surface area contributed by atoms with Gasteiger partial charge in [0, 0.05) is 19.4 Å². The van der Waals surface area contributed by atoms with Gasteiger partial charge >= 0.3 is 0 Å². The van der Waals surface area contributed by atoms with Crippen LogP contribution in [0.3, 0.4) is 0 Å². The monoisotopic (exact) mass is 236 g/mol. The number of aliphatic hydroxyl groups is 1. The highest BCUT2D eigenvalue weighted by Crippen LogP contribution is 2.12. The van der Waals surface area contributed by atoms with Gasteiger partial charge in [-0.05, 0) is 25.7 Å². The molecule has 0 aliphatic carbocycles. The second-order valence-electron chi connectivity index (χ2n) is 3.83. The molecule has 1 aliphatic heterocycles. The third kappa shape index (κ3) is 7.82. The van der Waals surface area contributed by atoms with Crippen molar-refractivity contribution >= 4 is 0 Å².